The van der Waals surface area contributed by atoms with Crippen molar-refractivity contribution in [2.45, 2.75) is 58.2 Å². The molecule has 0 saturated heterocycles. The molecule has 1 spiro atoms. The van der Waals surface area contributed by atoms with Gasteiger partial charge in [0.1, 0.15) is 5.78 Å². The minimum Gasteiger partial charge on any atom is -0.300 e. The summed E-state index contributed by atoms with van der Waals surface area (Å²) >= 11 is 3.85. The average Bonchev–Trinajstić information content (AvgIpc) is 2.69. The highest BCUT2D eigenvalue weighted by Crippen LogP contribution is 2.62. The first-order valence-electron chi connectivity index (χ1n) is 6.63. The Balaban J connectivity index is 2.38. The standard InChI is InChI=1S/C15H23BrO/c1-10-5-6-13(16)14(3,4)15(10)8-7-12(9-15)11(2)17/h5,12-13H,6-9H2,1-4H3. The number of carbonyl (C=O) groups is 1. The van der Waals surface area contributed by atoms with Crippen LogP contribution in [0.2, 0.25) is 0 Å². The molecule has 17 heavy (non-hydrogen) atoms. The van der Waals surface area contributed by atoms with Crippen LogP contribution in [-0.2, 0) is 4.79 Å². The van der Waals surface area contributed by atoms with Crippen LogP contribution >= 0.6 is 15.9 Å². The van der Waals surface area contributed by atoms with E-state index in [0.717, 1.165) is 19.3 Å². The third-order valence-corrected chi connectivity index (χ3v) is 7.01. The van der Waals surface area contributed by atoms with E-state index in [1.807, 2.05) is 0 Å². The monoisotopic (exact) mass is 298 g/mol. The van der Waals surface area contributed by atoms with Crippen molar-refractivity contribution in [2.75, 3.05) is 0 Å². The van der Waals surface area contributed by atoms with Crippen molar-refractivity contribution < 1.29 is 4.79 Å². The van der Waals surface area contributed by atoms with Crippen LogP contribution in [-0.4, -0.2) is 10.6 Å². The molecule has 3 atom stereocenters. The van der Waals surface area contributed by atoms with Crippen molar-refractivity contribution in [1.29, 1.82) is 0 Å². The predicted molar refractivity (Wildman–Crippen MR) is 75.3 cm³/mol. The summed E-state index contributed by atoms with van der Waals surface area (Å²) in [6.07, 6.45) is 6.80. The summed E-state index contributed by atoms with van der Waals surface area (Å²) in [7, 11) is 0. The van der Waals surface area contributed by atoms with Gasteiger partial charge < -0.3 is 0 Å². The number of halogens is 1. The van der Waals surface area contributed by atoms with Gasteiger partial charge in [0.05, 0.1) is 0 Å². The van der Waals surface area contributed by atoms with E-state index >= 15 is 0 Å². The molecule has 1 fully saturated rings. The molecule has 1 saturated carbocycles. The maximum atomic E-state index is 11.6. The largest absolute Gasteiger partial charge is 0.300 e. The minimum atomic E-state index is 0.246. The Hall–Kier alpha value is -0.110. The first kappa shape index (κ1) is 13.3. The first-order valence-corrected chi connectivity index (χ1v) is 7.54. The highest BCUT2D eigenvalue weighted by molar-refractivity contribution is 9.09. The number of alkyl halides is 1. The van der Waals surface area contributed by atoms with E-state index in [4.69, 9.17) is 0 Å². The molecule has 0 bridgehead atoms. The molecule has 2 heteroatoms. The molecular formula is C15H23BrO. The number of allylic oxidation sites excluding steroid dienone is 2. The molecule has 2 rings (SSSR count). The normalized spacial score (nSPS) is 40.4. The number of carbonyl (C=O) groups excluding carboxylic acids is 1. The zero-order valence-electron chi connectivity index (χ0n) is 11.3. The van der Waals surface area contributed by atoms with Gasteiger partial charge in [0.2, 0.25) is 0 Å². The van der Waals surface area contributed by atoms with Crippen LogP contribution in [0.5, 0.6) is 0 Å². The van der Waals surface area contributed by atoms with Crippen LogP contribution in [0, 0.1) is 16.7 Å². The predicted octanol–water partition coefficient (Wildman–Crippen LogP) is 4.50. The molecule has 0 aromatic heterocycles. The summed E-state index contributed by atoms with van der Waals surface area (Å²) in [5, 5.41) is 0. The lowest BCUT2D eigenvalue weighted by molar-refractivity contribution is -0.120. The molecule has 96 valence electrons. The van der Waals surface area contributed by atoms with E-state index in [9.17, 15) is 4.79 Å². The molecule has 0 radical (unpaired) electrons. The van der Waals surface area contributed by atoms with Gasteiger partial charge in [-0.15, -0.1) is 0 Å². The van der Waals surface area contributed by atoms with Crippen LogP contribution in [0.25, 0.3) is 0 Å². The average molecular weight is 299 g/mol. The summed E-state index contributed by atoms with van der Waals surface area (Å²) < 4.78 is 0. The number of Topliss-reactive ketones (excluding diaryl/α,β-unsaturated/α-hetero) is 1. The fourth-order valence-electron chi connectivity index (χ4n) is 3.91. The molecule has 0 N–H and O–H groups in total. The van der Waals surface area contributed by atoms with Gasteiger partial charge in [0.25, 0.3) is 0 Å². The van der Waals surface area contributed by atoms with Gasteiger partial charge in [0.15, 0.2) is 0 Å². The minimum absolute atomic E-state index is 0.246. The van der Waals surface area contributed by atoms with Crippen molar-refractivity contribution in [1.82, 2.24) is 0 Å². The van der Waals surface area contributed by atoms with Crippen molar-refractivity contribution >= 4 is 21.7 Å². The molecular weight excluding hydrogens is 276 g/mol. The van der Waals surface area contributed by atoms with Gasteiger partial charge in [0, 0.05) is 10.7 Å². The van der Waals surface area contributed by atoms with Crippen LogP contribution in [0.3, 0.4) is 0 Å². The smallest absolute Gasteiger partial charge is 0.132 e. The van der Waals surface area contributed by atoms with Crippen LogP contribution in [0.4, 0.5) is 0 Å². The van der Waals surface area contributed by atoms with Crippen LogP contribution < -0.4 is 0 Å². The number of rotatable bonds is 1. The van der Waals surface area contributed by atoms with Crippen molar-refractivity contribution in [3.05, 3.63) is 11.6 Å². The van der Waals surface area contributed by atoms with Gasteiger partial charge in [-0.2, -0.15) is 0 Å². The number of hydrogen-bond donors (Lipinski definition) is 0. The highest BCUT2D eigenvalue weighted by Gasteiger charge is 2.55. The molecule has 0 aromatic rings. The Bertz CT molecular complexity index is 369. The van der Waals surface area contributed by atoms with Crippen molar-refractivity contribution in [2.24, 2.45) is 16.7 Å². The van der Waals surface area contributed by atoms with E-state index < -0.39 is 0 Å². The van der Waals surface area contributed by atoms with Gasteiger partial charge in [-0.3, -0.25) is 4.79 Å². The Morgan fingerprint density at radius 2 is 2.12 bits per heavy atom. The Morgan fingerprint density at radius 3 is 2.65 bits per heavy atom. The molecule has 2 aliphatic rings. The Morgan fingerprint density at radius 1 is 1.47 bits per heavy atom. The van der Waals surface area contributed by atoms with E-state index in [2.05, 4.69) is 42.8 Å². The lowest BCUT2D eigenvalue weighted by Crippen LogP contribution is -2.45. The number of hydrogen-bond acceptors (Lipinski definition) is 1. The van der Waals surface area contributed by atoms with Crippen LogP contribution in [0.1, 0.15) is 53.4 Å². The molecule has 3 unspecified atom stereocenters. The van der Waals surface area contributed by atoms with E-state index in [-0.39, 0.29) is 16.7 Å². The molecule has 0 amide bonds. The molecule has 0 aromatic carbocycles. The highest BCUT2D eigenvalue weighted by atomic mass is 79.9. The van der Waals surface area contributed by atoms with Gasteiger partial charge in [-0.1, -0.05) is 41.4 Å². The third-order valence-electron chi connectivity index (χ3n) is 5.49. The summed E-state index contributed by atoms with van der Waals surface area (Å²) in [4.78, 5) is 12.2. The van der Waals surface area contributed by atoms with E-state index in [1.54, 1.807) is 6.92 Å². The molecule has 1 nitrogen and oxygen atoms in total. The summed E-state index contributed by atoms with van der Waals surface area (Å²) in [6, 6.07) is 0. The molecule has 0 heterocycles. The van der Waals surface area contributed by atoms with Crippen molar-refractivity contribution in [3.63, 3.8) is 0 Å². The second-order valence-electron chi connectivity index (χ2n) is 6.44. The fourth-order valence-corrected chi connectivity index (χ4v) is 4.54. The first-order chi connectivity index (χ1) is 7.81. The Kier molecular flexibility index (Phi) is 3.31. The lowest BCUT2D eigenvalue weighted by Gasteiger charge is -2.51. The SMILES string of the molecule is CC(=O)C1CCC2(C1)C(C)=CCC(Br)C2(C)C. The quantitative estimate of drug-likeness (QED) is 0.514. The zero-order valence-corrected chi connectivity index (χ0v) is 12.9. The topological polar surface area (TPSA) is 17.1 Å². The zero-order chi connectivity index (χ0) is 12.8. The van der Waals surface area contributed by atoms with Crippen LogP contribution in [0.15, 0.2) is 11.6 Å². The molecule has 0 aliphatic heterocycles. The third kappa shape index (κ3) is 1.83. The second kappa shape index (κ2) is 4.22. The lowest BCUT2D eigenvalue weighted by atomic mass is 9.56. The van der Waals surface area contributed by atoms with Gasteiger partial charge in [-0.25, -0.2) is 0 Å². The molecule has 2 aliphatic carbocycles. The Labute approximate surface area is 113 Å². The van der Waals surface area contributed by atoms with Crippen molar-refractivity contribution in [3.8, 4) is 0 Å². The summed E-state index contributed by atoms with van der Waals surface area (Å²) in [6.45, 7) is 8.75. The summed E-state index contributed by atoms with van der Waals surface area (Å²) in [5.41, 5.74) is 2.01. The maximum absolute atomic E-state index is 11.6. The fraction of sp³-hybridized carbons (Fsp3) is 0.800. The van der Waals surface area contributed by atoms with E-state index in [1.165, 1.54) is 12.0 Å². The maximum Gasteiger partial charge on any atom is 0.132 e. The van der Waals surface area contributed by atoms with Gasteiger partial charge >= 0.3 is 0 Å². The number of ketones is 1. The van der Waals surface area contributed by atoms with Gasteiger partial charge in [-0.05, 0) is 50.4 Å². The van der Waals surface area contributed by atoms with E-state index in [0.29, 0.717) is 10.6 Å². The summed E-state index contributed by atoms with van der Waals surface area (Å²) in [5.74, 6) is 0.664. The second-order valence-corrected chi connectivity index (χ2v) is 7.55.